The van der Waals surface area contributed by atoms with Gasteiger partial charge in [0.25, 0.3) is 0 Å². The van der Waals surface area contributed by atoms with Crippen LogP contribution in [0.5, 0.6) is 0 Å². The van der Waals surface area contributed by atoms with Gasteiger partial charge in [-0.2, -0.15) is 0 Å². The molecule has 1 aliphatic rings. The molecule has 0 aliphatic carbocycles. The molecule has 3 unspecified atom stereocenters. The lowest BCUT2D eigenvalue weighted by Crippen LogP contribution is -2.62. The highest BCUT2D eigenvalue weighted by atomic mass is 15.3. The van der Waals surface area contributed by atoms with Gasteiger partial charge in [-0.3, -0.25) is 4.90 Å². The molecule has 3 atom stereocenters. The van der Waals surface area contributed by atoms with Gasteiger partial charge in [-0.05, 0) is 32.3 Å². The number of benzene rings is 1. The van der Waals surface area contributed by atoms with Gasteiger partial charge < -0.3 is 5.32 Å². The number of nitrogens with zero attached hydrogens (tertiary/aromatic N) is 1. The molecule has 0 saturated carbocycles. The average Bonchev–Trinajstić information content (AvgIpc) is 2.49. The van der Waals surface area contributed by atoms with Gasteiger partial charge in [-0.1, -0.05) is 50.6 Å². The fraction of sp³-hybridized carbons (Fsp3) is 0.667. The van der Waals surface area contributed by atoms with Crippen LogP contribution in [0.1, 0.15) is 52.5 Å². The molecule has 0 radical (unpaired) electrons. The Hall–Kier alpha value is -0.860. The minimum absolute atomic E-state index is 0.0783. The summed E-state index contributed by atoms with van der Waals surface area (Å²) in [4.78, 5) is 2.73. The first-order valence-electron chi connectivity index (χ1n) is 8.17. The third-order valence-electron chi connectivity index (χ3n) is 4.83. The molecular formula is C18H30N2. The number of nitrogens with one attached hydrogen (secondary N) is 1. The molecule has 2 heteroatoms. The molecule has 1 aromatic carbocycles. The Morgan fingerprint density at radius 2 is 2.00 bits per heavy atom. The molecule has 0 aromatic heterocycles. The summed E-state index contributed by atoms with van der Waals surface area (Å²) in [5, 5.41) is 3.77. The maximum atomic E-state index is 3.77. The van der Waals surface area contributed by atoms with Gasteiger partial charge in [0.2, 0.25) is 0 Å². The van der Waals surface area contributed by atoms with E-state index in [9.17, 15) is 0 Å². The molecular weight excluding hydrogens is 244 g/mol. The third-order valence-corrected chi connectivity index (χ3v) is 4.83. The van der Waals surface area contributed by atoms with Crippen LogP contribution in [0.25, 0.3) is 0 Å². The Labute approximate surface area is 124 Å². The highest BCUT2D eigenvalue weighted by Crippen LogP contribution is 2.29. The van der Waals surface area contributed by atoms with E-state index in [0.29, 0.717) is 6.04 Å². The molecule has 1 heterocycles. The summed E-state index contributed by atoms with van der Waals surface area (Å²) in [7, 11) is 0. The normalized spacial score (nSPS) is 29.3. The zero-order valence-electron chi connectivity index (χ0n) is 13.5. The lowest BCUT2D eigenvalue weighted by molar-refractivity contribution is 0.0483. The topological polar surface area (TPSA) is 15.3 Å². The van der Waals surface area contributed by atoms with Gasteiger partial charge in [-0.15, -0.1) is 0 Å². The highest BCUT2D eigenvalue weighted by molar-refractivity contribution is 5.25. The Morgan fingerprint density at radius 1 is 1.30 bits per heavy atom. The molecule has 1 saturated heterocycles. The zero-order chi connectivity index (χ0) is 14.6. The van der Waals surface area contributed by atoms with Crippen LogP contribution < -0.4 is 5.32 Å². The monoisotopic (exact) mass is 274 g/mol. The van der Waals surface area contributed by atoms with Crippen LogP contribution in [0.15, 0.2) is 30.3 Å². The van der Waals surface area contributed by atoms with Gasteiger partial charge >= 0.3 is 0 Å². The molecule has 1 fully saturated rings. The third kappa shape index (κ3) is 3.24. The van der Waals surface area contributed by atoms with E-state index >= 15 is 0 Å². The molecule has 1 N–H and O–H groups in total. The quantitative estimate of drug-likeness (QED) is 0.879. The second-order valence-corrected chi connectivity index (χ2v) is 6.45. The molecule has 0 spiro atoms. The van der Waals surface area contributed by atoms with E-state index in [4.69, 9.17) is 0 Å². The first-order valence-corrected chi connectivity index (χ1v) is 8.17. The highest BCUT2D eigenvalue weighted by Gasteiger charge is 2.37. The minimum Gasteiger partial charge on any atom is -0.305 e. The predicted octanol–water partition coefficient (Wildman–Crippen LogP) is 3.77. The minimum atomic E-state index is 0.0783. The average molecular weight is 274 g/mol. The SMILES string of the molecule is CCCC(CC)N1CC(C)(c2ccccc2)NCC1C. The molecule has 2 rings (SSSR count). The maximum Gasteiger partial charge on any atom is 0.0535 e. The maximum absolute atomic E-state index is 3.77. The Morgan fingerprint density at radius 3 is 2.60 bits per heavy atom. The second kappa shape index (κ2) is 6.73. The first-order chi connectivity index (χ1) is 9.60. The van der Waals surface area contributed by atoms with Crippen molar-refractivity contribution in [3.63, 3.8) is 0 Å². The Kier molecular flexibility index (Phi) is 5.22. The van der Waals surface area contributed by atoms with E-state index in [1.165, 1.54) is 24.8 Å². The first kappa shape index (κ1) is 15.5. The fourth-order valence-electron chi connectivity index (χ4n) is 3.49. The van der Waals surface area contributed by atoms with Gasteiger partial charge in [0.1, 0.15) is 0 Å². The van der Waals surface area contributed by atoms with Crippen LogP contribution in [0.4, 0.5) is 0 Å². The van der Waals surface area contributed by atoms with Gasteiger partial charge in [0.05, 0.1) is 5.54 Å². The van der Waals surface area contributed by atoms with E-state index in [2.05, 4.69) is 68.2 Å². The summed E-state index contributed by atoms with van der Waals surface area (Å²) in [5.41, 5.74) is 1.48. The van der Waals surface area contributed by atoms with Crippen LogP contribution in [0.3, 0.4) is 0 Å². The van der Waals surface area contributed by atoms with Crippen LogP contribution in [-0.2, 0) is 5.54 Å². The molecule has 1 aromatic rings. The summed E-state index contributed by atoms with van der Waals surface area (Å²) in [6.45, 7) is 11.5. The van der Waals surface area contributed by atoms with E-state index < -0.39 is 0 Å². The molecule has 2 nitrogen and oxygen atoms in total. The second-order valence-electron chi connectivity index (χ2n) is 6.45. The van der Waals surface area contributed by atoms with Crippen molar-refractivity contribution in [1.82, 2.24) is 10.2 Å². The van der Waals surface area contributed by atoms with Crippen LogP contribution in [0.2, 0.25) is 0 Å². The summed E-state index contributed by atoms with van der Waals surface area (Å²) < 4.78 is 0. The zero-order valence-corrected chi connectivity index (χ0v) is 13.5. The van der Waals surface area contributed by atoms with E-state index in [1.54, 1.807) is 0 Å². The molecule has 1 aliphatic heterocycles. The summed E-state index contributed by atoms with van der Waals surface area (Å²) in [5.74, 6) is 0. The largest absolute Gasteiger partial charge is 0.305 e. The Bertz CT molecular complexity index is 403. The standard InChI is InChI=1S/C18H30N2/c1-5-10-17(6-2)20-14-18(4,19-13-15(20)3)16-11-8-7-9-12-16/h7-9,11-12,15,17,19H,5-6,10,13-14H2,1-4H3. The molecule has 112 valence electrons. The van der Waals surface area contributed by atoms with Crippen molar-refractivity contribution in [1.29, 1.82) is 0 Å². The van der Waals surface area contributed by atoms with Crippen molar-refractivity contribution in [3.8, 4) is 0 Å². The lowest BCUT2D eigenvalue weighted by Gasteiger charge is -2.48. The Balaban J connectivity index is 2.18. The smallest absolute Gasteiger partial charge is 0.0535 e. The van der Waals surface area contributed by atoms with Gasteiger partial charge in [0, 0.05) is 25.2 Å². The number of rotatable bonds is 5. The van der Waals surface area contributed by atoms with E-state index in [1.807, 2.05) is 0 Å². The fourth-order valence-corrected chi connectivity index (χ4v) is 3.49. The van der Waals surface area contributed by atoms with E-state index in [-0.39, 0.29) is 5.54 Å². The molecule has 0 amide bonds. The number of hydrogen-bond acceptors (Lipinski definition) is 2. The number of piperazine rings is 1. The van der Waals surface area contributed by atoms with E-state index in [0.717, 1.165) is 19.1 Å². The van der Waals surface area contributed by atoms with Crippen molar-refractivity contribution < 1.29 is 0 Å². The lowest BCUT2D eigenvalue weighted by atomic mass is 9.87. The van der Waals surface area contributed by atoms with Crippen molar-refractivity contribution >= 4 is 0 Å². The van der Waals surface area contributed by atoms with Crippen molar-refractivity contribution in [3.05, 3.63) is 35.9 Å². The number of hydrogen-bond donors (Lipinski definition) is 1. The molecule has 20 heavy (non-hydrogen) atoms. The van der Waals surface area contributed by atoms with Gasteiger partial charge in [0.15, 0.2) is 0 Å². The van der Waals surface area contributed by atoms with Crippen molar-refractivity contribution in [2.24, 2.45) is 0 Å². The van der Waals surface area contributed by atoms with Crippen LogP contribution >= 0.6 is 0 Å². The summed E-state index contributed by atoms with van der Waals surface area (Å²) in [6.07, 6.45) is 3.84. The molecule has 0 bridgehead atoms. The predicted molar refractivity (Wildman–Crippen MR) is 87.0 cm³/mol. The van der Waals surface area contributed by atoms with Crippen LogP contribution in [-0.4, -0.2) is 30.1 Å². The van der Waals surface area contributed by atoms with Crippen molar-refractivity contribution in [2.75, 3.05) is 13.1 Å². The summed E-state index contributed by atoms with van der Waals surface area (Å²) >= 11 is 0. The van der Waals surface area contributed by atoms with Gasteiger partial charge in [-0.25, -0.2) is 0 Å². The van der Waals surface area contributed by atoms with Crippen LogP contribution in [0, 0.1) is 0 Å². The van der Waals surface area contributed by atoms with Crippen molar-refractivity contribution in [2.45, 2.75) is 64.6 Å². The summed E-state index contributed by atoms with van der Waals surface area (Å²) in [6, 6.07) is 12.2.